The van der Waals surface area contributed by atoms with E-state index in [4.69, 9.17) is 4.74 Å². The fraction of sp³-hybridized carbons (Fsp3) is 0.208. The van der Waals surface area contributed by atoms with Gasteiger partial charge in [0.25, 0.3) is 10.0 Å². The Bertz CT molecular complexity index is 1410. The highest BCUT2D eigenvalue weighted by Gasteiger charge is 2.29. The molecule has 36 heavy (non-hydrogen) atoms. The number of anilines is 3. The number of benzene rings is 3. The van der Waals surface area contributed by atoms with Gasteiger partial charge in [-0.25, -0.2) is 16.8 Å². The molecule has 0 fully saturated rings. The van der Waals surface area contributed by atoms with E-state index in [0.717, 1.165) is 15.0 Å². The molecule has 192 valence electrons. The zero-order valence-corrected chi connectivity index (χ0v) is 23.0. The predicted molar refractivity (Wildman–Crippen MR) is 144 cm³/mol. The molecule has 3 aromatic carbocycles. The first kappa shape index (κ1) is 27.5. The maximum absolute atomic E-state index is 12.9. The van der Waals surface area contributed by atoms with Crippen LogP contribution >= 0.6 is 15.9 Å². The smallest absolute Gasteiger partial charge is 0.261 e. The van der Waals surface area contributed by atoms with Crippen molar-refractivity contribution in [2.75, 3.05) is 27.2 Å². The summed E-state index contributed by atoms with van der Waals surface area (Å²) in [6.45, 7) is 3.77. The van der Waals surface area contributed by atoms with E-state index in [-0.39, 0.29) is 4.90 Å². The van der Waals surface area contributed by atoms with Gasteiger partial charge in [0, 0.05) is 15.8 Å². The van der Waals surface area contributed by atoms with Gasteiger partial charge in [0.2, 0.25) is 15.9 Å². The van der Waals surface area contributed by atoms with Gasteiger partial charge in [0.15, 0.2) is 0 Å². The normalized spacial score (nSPS) is 12.4. The fourth-order valence-electron chi connectivity index (χ4n) is 3.36. The number of rotatable bonds is 10. The van der Waals surface area contributed by atoms with Gasteiger partial charge in [-0.1, -0.05) is 15.9 Å². The van der Waals surface area contributed by atoms with Crippen LogP contribution in [0.5, 0.6) is 5.75 Å². The second kappa shape index (κ2) is 11.3. The molecule has 0 aliphatic heterocycles. The SMILES string of the molecule is CCOc1ccc(N([C@H](C)C(=O)Nc2ccc(S(=O)(=O)Nc3ccc(Br)cc3)cc2)S(C)(=O)=O)cc1. The van der Waals surface area contributed by atoms with Gasteiger partial charge in [-0.2, -0.15) is 0 Å². The molecule has 1 atom stereocenters. The van der Waals surface area contributed by atoms with Gasteiger partial charge in [-0.3, -0.25) is 13.8 Å². The summed E-state index contributed by atoms with van der Waals surface area (Å²) in [6, 6.07) is 17.5. The average Bonchev–Trinajstić information content (AvgIpc) is 2.81. The first-order chi connectivity index (χ1) is 16.9. The van der Waals surface area contributed by atoms with Gasteiger partial charge < -0.3 is 10.1 Å². The lowest BCUT2D eigenvalue weighted by atomic mass is 10.2. The van der Waals surface area contributed by atoms with E-state index >= 15 is 0 Å². The van der Waals surface area contributed by atoms with Crippen molar-refractivity contribution in [2.24, 2.45) is 0 Å². The summed E-state index contributed by atoms with van der Waals surface area (Å²) in [5.74, 6) is -0.00521. The molecule has 0 saturated heterocycles. The van der Waals surface area contributed by atoms with Crippen molar-refractivity contribution in [1.82, 2.24) is 0 Å². The van der Waals surface area contributed by atoms with Crippen molar-refractivity contribution in [3.05, 3.63) is 77.3 Å². The summed E-state index contributed by atoms with van der Waals surface area (Å²) in [6.07, 6.45) is 1.02. The number of hydrogen-bond donors (Lipinski definition) is 2. The van der Waals surface area contributed by atoms with Crippen LogP contribution in [0.4, 0.5) is 17.1 Å². The minimum absolute atomic E-state index is 0.00335. The highest BCUT2D eigenvalue weighted by atomic mass is 79.9. The third-order valence-electron chi connectivity index (χ3n) is 5.02. The van der Waals surface area contributed by atoms with E-state index in [1.54, 1.807) is 48.5 Å². The summed E-state index contributed by atoms with van der Waals surface area (Å²) in [4.78, 5) is 12.9. The lowest BCUT2D eigenvalue weighted by Gasteiger charge is -2.28. The van der Waals surface area contributed by atoms with Crippen LogP contribution in [0.3, 0.4) is 0 Å². The zero-order chi connectivity index (χ0) is 26.5. The van der Waals surface area contributed by atoms with Crippen LogP contribution in [0.15, 0.2) is 82.2 Å². The summed E-state index contributed by atoms with van der Waals surface area (Å²) in [5, 5.41) is 2.64. The molecule has 0 saturated carbocycles. The summed E-state index contributed by atoms with van der Waals surface area (Å²) < 4.78 is 60.0. The Labute approximate surface area is 219 Å². The van der Waals surface area contributed by atoms with Crippen LogP contribution in [-0.4, -0.2) is 41.6 Å². The van der Waals surface area contributed by atoms with E-state index in [1.165, 1.54) is 31.2 Å². The van der Waals surface area contributed by atoms with Gasteiger partial charge in [-0.05, 0) is 86.6 Å². The molecule has 0 aliphatic carbocycles. The van der Waals surface area contributed by atoms with Crippen molar-refractivity contribution in [1.29, 1.82) is 0 Å². The Hall–Kier alpha value is -3.09. The summed E-state index contributed by atoms with van der Waals surface area (Å²) in [7, 11) is -7.64. The number of hydrogen-bond acceptors (Lipinski definition) is 6. The standard InChI is InChI=1S/C24H26BrN3O6S2/c1-4-34-22-13-11-21(12-14-22)28(35(3,30)31)17(2)24(29)26-19-9-15-23(16-10-19)36(32,33)27-20-7-5-18(25)6-8-20/h5-17,27H,4H2,1-3H3,(H,26,29)/t17-/m1/s1. The molecular formula is C24H26BrN3O6S2. The molecule has 0 aliphatic rings. The van der Waals surface area contributed by atoms with Crippen molar-refractivity contribution in [2.45, 2.75) is 24.8 Å². The van der Waals surface area contributed by atoms with Gasteiger partial charge in [0.05, 0.1) is 23.4 Å². The molecule has 0 unspecified atom stereocenters. The number of nitrogens with one attached hydrogen (secondary N) is 2. The van der Waals surface area contributed by atoms with Crippen LogP contribution in [0.2, 0.25) is 0 Å². The third-order valence-corrected chi connectivity index (χ3v) is 8.19. The third kappa shape index (κ3) is 6.99. The molecule has 0 bridgehead atoms. The molecule has 0 heterocycles. The lowest BCUT2D eigenvalue weighted by Crippen LogP contribution is -2.45. The number of nitrogens with zero attached hydrogens (tertiary/aromatic N) is 1. The summed E-state index contributed by atoms with van der Waals surface area (Å²) >= 11 is 3.30. The Balaban J connectivity index is 1.74. The van der Waals surface area contributed by atoms with Gasteiger partial charge in [-0.15, -0.1) is 0 Å². The Kier molecular flexibility index (Phi) is 8.64. The molecule has 0 spiro atoms. The minimum atomic E-state index is -3.84. The first-order valence-electron chi connectivity index (χ1n) is 10.8. The average molecular weight is 597 g/mol. The van der Waals surface area contributed by atoms with E-state index in [2.05, 4.69) is 26.0 Å². The van der Waals surface area contributed by atoms with E-state index < -0.39 is 32.0 Å². The van der Waals surface area contributed by atoms with Crippen molar-refractivity contribution in [3.63, 3.8) is 0 Å². The van der Waals surface area contributed by atoms with Crippen LogP contribution < -0.4 is 19.1 Å². The van der Waals surface area contributed by atoms with Gasteiger partial charge >= 0.3 is 0 Å². The highest BCUT2D eigenvalue weighted by molar-refractivity contribution is 9.10. The Morgan fingerprint density at radius 2 is 1.47 bits per heavy atom. The topological polar surface area (TPSA) is 122 Å². The van der Waals surface area contributed by atoms with Crippen LogP contribution in [0.25, 0.3) is 0 Å². The van der Waals surface area contributed by atoms with Crippen LogP contribution in [0, 0.1) is 0 Å². The predicted octanol–water partition coefficient (Wildman–Crippen LogP) is 4.44. The second-order valence-corrected chi connectivity index (χ2v) is 12.2. The summed E-state index contributed by atoms with van der Waals surface area (Å²) in [5.41, 5.74) is 1.03. The molecule has 3 rings (SSSR count). The molecule has 12 heteroatoms. The fourth-order valence-corrected chi connectivity index (χ4v) is 5.86. The number of ether oxygens (including phenoxy) is 1. The minimum Gasteiger partial charge on any atom is -0.494 e. The van der Waals surface area contributed by atoms with Crippen molar-refractivity contribution >= 4 is 58.9 Å². The molecule has 9 nitrogen and oxygen atoms in total. The number of carbonyl (C=O) groups is 1. The zero-order valence-electron chi connectivity index (χ0n) is 19.8. The number of carbonyl (C=O) groups excluding carboxylic acids is 1. The largest absolute Gasteiger partial charge is 0.494 e. The van der Waals surface area contributed by atoms with Gasteiger partial charge in [0.1, 0.15) is 11.8 Å². The maximum Gasteiger partial charge on any atom is 0.261 e. The molecule has 0 aromatic heterocycles. The molecule has 0 radical (unpaired) electrons. The van der Waals surface area contributed by atoms with Crippen molar-refractivity contribution < 1.29 is 26.4 Å². The van der Waals surface area contributed by atoms with E-state index in [1.807, 2.05) is 6.92 Å². The highest BCUT2D eigenvalue weighted by Crippen LogP contribution is 2.25. The van der Waals surface area contributed by atoms with Crippen LogP contribution in [-0.2, 0) is 24.8 Å². The molecule has 1 amide bonds. The Morgan fingerprint density at radius 3 is 2.00 bits per heavy atom. The Morgan fingerprint density at radius 1 is 0.917 bits per heavy atom. The lowest BCUT2D eigenvalue weighted by molar-refractivity contribution is -0.116. The van der Waals surface area contributed by atoms with Crippen molar-refractivity contribution in [3.8, 4) is 5.75 Å². The van der Waals surface area contributed by atoms with E-state index in [0.29, 0.717) is 29.4 Å². The molecular weight excluding hydrogens is 570 g/mol. The monoisotopic (exact) mass is 595 g/mol. The second-order valence-electron chi connectivity index (χ2n) is 7.79. The number of amides is 1. The molecule has 2 N–H and O–H groups in total. The maximum atomic E-state index is 12.9. The van der Waals surface area contributed by atoms with E-state index in [9.17, 15) is 21.6 Å². The van der Waals surface area contributed by atoms with Crippen LogP contribution in [0.1, 0.15) is 13.8 Å². The number of halogens is 1. The quantitative estimate of drug-likeness (QED) is 0.357. The molecule has 3 aromatic rings. The first-order valence-corrected chi connectivity index (χ1v) is 14.9. The number of sulfonamides is 2.